The molecule has 3 fully saturated rings. The zero-order chi connectivity index (χ0) is 40.9. The first kappa shape index (κ1) is 40.1. The molecule has 4 aliphatic rings. The number of nitrogens with zero attached hydrogens (tertiary/aromatic N) is 4. The number of hydrogen-bond donors (Lipinski definition) is 3. The summed E-state index contributed by atoms with van der Waals surface area (Å²) >= 11 is 0. The molecule has 2 aromatic heterocycles. The molecule has 0 spiro atoms. The van der Waals surface area contributed by atoms with Gasteiger partial charge in [-0.1, -0.05) is 32.4 Å². The van der Waals surface area contributed by atoms with Crippen LogP contribution in [-0.4, -0.2) is 93.8 Å². The molecule has 7 atom stereocenters. The molecule has 17 heteroatoms. The van der Waals surface area contributed by atoms with Crippen molar-refractivity contribution in [2.75, 3.05) is 13.7 Å². The molecule has 0 radical (unpaired) electrons. The number of ether oxygens (including phenoxy) is 2. The number of amides is 4. The van der Waals surface area contributed by atoms with Crippen LogP contribution in [0.2, 0.25) is 0 Å². The summed E-state index contributed by atoms with van der Waals surface area (Å²) in [4.78, 5) is 63.0. The molecule has 3 N–H and O–H groups in total. The Morgan fingerprint density at radius 3 is 2.60 bits per heavy atom. The van der Waals surface area contributed by atoms with Gasteiger partial charge in [-0.05, 0) is 81.5 Å². The van der Waals surface area contributed by atoms with Gasteiger partial charge in [0, 0.05) is 31.0 Å². The maximum atomic E-state index is 15.0. The Balaban J connectivity index is 1.26. The molecule has 4 heterocycles. The van der Waals surface area contributed by atoms with Gasteiger partial charge in [0.2, 0.25) is 27.7 Å². The summed E-state index contributed by atoms with van der Waals surface area (Å²) in [5.74, 6) is -3.34. The normalized spacial score (nSPS) is 29.2. The third-order valence-corrected chi connectivity index (χ3v) is 14.3. The van der Waals surface area contributed by atoms with E-state index in [0.29, 0.717) is 48.6 Å². The number of rotatable bonds is 9. The predicted molar refractivity (Wildman–Crippen MR) is 207 cm³/mol. The van der Waals surface area contributed by atoms with E-state index in [1.165, 1.54) is 35.0 Å². The molecule has 57 heavy (non-hydrogen) atoms. The minimum atomic E-state index is -4.03. The highest BCUT2D eigenvalue weighted by Gasteiger charge is 2.63. The topological polar surface area (TPSA) is 191 Å². The number of carbonyl (C=O) groups is 4. The predicted octanol–water partition coefficient (Wildman–Crippen LogP) is 3.54. The number of pyridine rings is 1. The second-order valence-electron chi connectivity index (χ2n) is 16.3. The van der Waals surface area contributed by atoms with Crippen molar-refractivity contribution in [3.63, 3.8) is 0 Å². The molecule has 0 bridgehead atoms. The summed E-state index contributed by atoms with van der Waals surface area (Å²) in [6.07, 6.45) is 9.51. The highest BCUT2D eigenvalue weighted by atomic mass is 32.2. The monoisotopic (exact) mass is 807 g/mol. The van der Waals surface area contributed by atoms with Gasteiger partial charge in [0.1, 0.15) is 41.0 Å². The van der Waals surface area contributed by atoms with Gasteiger partial charge in [-0.15, -0.1) is 0 Å². The van der Waals surface area contributed by atoms with E-state index in [0.717, 1.165) is 6.42 Å². The van der Waals surface area contributed by atoms with Crippen molar-refractivity contribution >= 4 is 44.4 Å². The van der Waals surface area contributed by atoms with Crippen LogP contribution >= 0.6 is 0 Å². The summed E-state index contributed by atoms with van der Waals surface area (Å²) in [5, 5.41) is 10.9. The summed E-state index contributed by atoms with van der Waals surface area (Å²) in [7, 11) is -0.884. The van der Waals surface area contributed by atoms with E-state index in [1.54, 1.807) is 32.3 Å². The number of carbonyl (C=O) groups excluding carboxylic acids is 4. The van der Waals surface area contributed by atoms with Gasteiger partial charge in [-0.3, -0.25) is 28.6 Å². The molecule has 306 valence electrons. The summed E-state index contributed by atoms with van der Waals surface area (Å²) in [5.41, 5.74) is -1.45. The van der Waals surface area contributed by atoms with E-state index in [4.69, 9.17) is 9.47 Å². The fourth-order valence-corrected chi connectivity index (χ4v) is 9.46. The van der Waals surface area contributed by atoms with Crippen molar-refractivity contribution < 1.29 is 41.5 Å². The zero-order valence-electron chi connectivity index (χ0n) is 32.8. The van der Waals surface area contributed by atoms with Crippen LogP contribution < -0.4 is 24.8 Å². The maximum absolute atomic E-state index is 15.0. The van der Waals surface area contributed by atoms with E-state index in [1.807, 2.05) is 19.1 Å². The molecule has 0 unspecified atom stereocenters. The third kappa shape index (κ3) is 7.94. The molecule has 1 aromatic carbocycles. The van der Waals surface area contributed by atoms with Crippen LogP contribution in [0.4, 0.5) is 4.39 Å². The number of fused-ring (bicyclic) bond motifs is 3. The summed E-state index contributed by atoms with van der Waals surface area (Å²) < 4.78 is 55.5. The Bertz CT molecular complexity index is 2220. The summed E-state index contributed by atoms with van der Waals surface area (Å²) in [6.45, 7) is 5.49. The van der Waals surface area contributed by atoms with E-state index < -0.39 is 73.9 Å². The first-order valence-corrected chi connectivity index (χ1v) is 21.0. The number of benzene rings is 1. The molecule has 2 saturated carbocycles. The number of halogens is 1. The fourth-order valence-electron chi connectivity index (χ4n) is 8.15. The van der Waals surface area contributed by atoms with Gasteiger partial charge >= 0.3 is 0 Å². The lowest BCUT2D eigenvalue weighted by atomic mass is 9.84. The highest BCUT2D eigenvalue weighted by molar-refractivity contribution is 7.91. The van der Waals surface area contributed by atoms with E-state index >= 15 is 4.79 Å². The molecule has 7 rings (SSSR count). The molecule has 2 aliphatic carbocycles. The van der Waals surface area contributed by atoms with Crippen molar-refractivity contribution in [2.45, 2.75) is 101 Å². The van der Waals surface area contributed by atoms with Crippen molar-refractivity contribution in [1.82, 2.24) is 35.0 Å². The number of methoxy groups -OCH3 is 1. The number of allylic oxidation sites excluding steroid dienone is 1. The molecule has 4 amide bonds. The summed E-state index contributed by atoms with van der Waals surface area (Å²) in [6, 6.07) is 3.38. The standard InChI is InChI=1S/C40H50FN7O8S/c1-6-24-17-23(2)9-7-8-10-25-20-40(25,38(52)46-57(53,54)39(3)14-15-39)44-35(50)31-19-27(56-36-29-18-26(41)11-12-28(29)32(55-5)21-42-36)22-48(31)37(51)33(24)43-34(49)30-13-16-47(4)45-30/h8,10-13,16,18,21,23-25,27,31,33H,6-7,9,14-15,17,19-20,22H2,1-5H3,(H,43,49)(H,44,50)(H,46,52)/b10-8-/t23-,24-,25-,27-,31+,33+,40-/m1/s1. The lowest BCUT2D eigenvalue weighted by molar-refractivity contribution is -0.142. The maximum Gasteiger partial charge on any atom is 0.272 e. The van der Waals surface area contributed by atoms with Crippen molar-refractivity contribution in [3.05, 3.63) is 60.3 Å². The average Bonchev–Trinajstić information content (AvgIpc) is 3.98. The third-order valence-electron chi connectivity index (χ3n) is 12.1. The van der Waals surface area contributed by atoms with E-state index in [2.05, 4.69) is 32.4 Å². The molecule has 2 aliphatic heterocycles. The number of nitrogens with one attached hydrogen (secondary N) is 3. The van der Waals surface area contributed by atoms with Crippen LogP contribution in [0.25, 0.3) is 10.8 Å². The van der Waals surface area contributed by atoms with Gasteiger partial charge in [0.15, 0.2) is 0 Å². The van der Waals surface area contributed by atoms with Crippen LogP contribution in [-0.2, 0) is 31.5 Å². The minimum Gasteiger partial charge on any atom is -0.494 e. The van der Waals surface area contributed by atoms with Crippen LogP contribution in [0, 0.1) is 23.6 Å². The smallest absolute Gasteiger partial charge is 0.272 e. The van der Waals surface area contributed by atoms with Crippen LogP contribution in [0.5, 0.6) is 11.6 Å². The SMILES string of the molecule is CC[C@@H]1C[C@H](C)CC/C=C\[C@@H]2C[C@@]2(C(=O)NS(=O)(=O)C2(C)CC2)NC(=O)[C@@H]2C[C@@H](Oc3ncc(OC)c4ccc(F)cc34)CN2C(=O)[C@H]1NC(=O)c1ccn(C)n1. The van der Waals surface area contributed by atoms with Gasteiger partial charge in [0.05, 0.1) is 30.0 Å². The first-order chi connectivity index (χ1) is 27.1. The minimum absolute atomic E-state index is 0.0508. The number of aromatic nitrogens is 3. The lowest BCUT2D eigenvalue weighted by Gasteiger charge is -2.34. The fraction of sp³-hybridized carbons (Fsp3) is 0.550. The number of sulfonamides is 1. The quantitative estimate of drug-likeness (QED) is 0.270. The van der Waals surface area contributed by atoms with Crippen LogP contribution in [0.3, 0.4) is 0 Å². The molecule has 1 saturated heterocycles. The molecule has 3 aromatic rings. The first-order valence-electron chi connectivity index (χ1n) is 19.5. The lowest BCUT2D eigenvalue weighted by Crippen LogP contribution is -2.59. The average molecular weight is 808 g/mol. The Hall–Kier alpha value is -5.06. The van der Waals surface area contributed by atoms with Gasteiger partial charge in [-0.2, -0.15) is 5.10 Å². The number of hydrogen-bond acceptors (Lipinski definition) is 10. The van der Waals surface area contributed by atoms with Crippen LogP contribution in [0.1, 0.15) is 82.6 Å². The molecule has 15 nitrogen and oxygen atoms in total. The van der Waals surface area contributed by atoms with E-state index in [-0.39, 0.29) is 42.8 Å². The Labute approximate surface area is 331 Å². The van der Waals surface area contributed by atoms with Gasteiger partial charge in [0.25, 0.3) is 11.8 Å². The van der Waals surface area contributed by atoms with Gasteiger partial charge < -0.3 is 25.0 Å². The number of aryl methyl sites for hydroxylation is 1. The zero-order valence-corrected chi connectivity index (χ0v) is 33.6. The Morgan fingerprint density at radius 2 is 1.91 bits per heavy atom. The second-order valence-corrected chi connectivity index (χ2v) is 18.5. The van der Waals surface area contributed by atoms with Crippen LogP contribution in [0.15, 0.2) is 48.8 Å². The van der Waals surface area contributed by atoms with Crippen molar-refractivity contribution in [1.29, 1.82) is 0 Å². The Morgan fingerprint density at radius 1 is 1.14 bits per heavy atom. The molecular formula is C40H50FN7O8S. The highest BCUT2D eigenvalue weighted by Crippen LogP contribution is 2.48. The largest absolute Gasteiger partial charge is 0.494 e. The Kier molecular flexibility index (Phi) is 10.8. The van der Waals surface area contributed by atoms with E-state index in [9.17, 15) is 27.2 Å². The van der Waals surface area contributed by atoms with Gasteiger partial charge in [-0.25, -0.2) is 17.8 Å². The second kappa shape index (κ2) is 15.4. The van der Waals surface area contributed by atoms with Crippen molar-refractivity contribution in [3.8, 4) is 11.6 Å². The molecular weight excluding hydrogens is 758 g/mol. The van der Waals surface area contributed by atoms with Crippen molar-refractivity contribution in [2.24, 2.45) is 24.8 Å².